The average Bonchev–Trinajstić information content (AvgIpc) is 2.32. The molecule has 2 rings (SSSR count). The first-order chi connectivity index (χ1) is 8.18. The van der Waals surface area contributed by atoms with Crippen LogP contribution in [0.1, 0.15) is 0 Å². The standard InChI is InChI=1S/C11H6Cl2N2O2/c12-10-9(17-11(13)16)8(14-6-15-10)7-4-2-1-3-5-7/h1-6H. The number of nitrogens with zero attached hydrogens (tertiary/aromatic N) is 2. The third-order valence-corrected chi connectivity index (χ3v) is 2.34. The van der Waals surface area contributed by atoms with Crippen molar-refractivity contribution in [3.8, 4) is 17.0 Å². The predicted molar refractivity (Wildman–Crippen MR) is 64.4 cm³/mol. The summed E-state index contributed by atoms with van der Waals surface area (Å²) in [6.07, 6.45) is 1.29. The number of rotatable bonds is 2. The monoisotopic (exact) mass is 268 g/mol. The lowest BCUT2D eigenvalue weighted by Gasteiger charge is -2.07. The minimum Gasteiger partial charge on any atom is -0.409 e. The van der Waals surface area contributed by atoms with Crippen molar-refractivity contribution >= 4 is 28.6 Å². The molecular weight excluding hydrogens is 263 g/mol. The van der Waals surface area contributed by atoms with E-state index in [1.54, 1.807) is 0 Å². The molecule has 2 aromatic rings. The molecule has 0 aliphatic carbocycles. The second-order valence-corrected chi connectivity index (χ2v) is 3.71. The molecule has 6 heteroatoms. The van der Waals surface area contributed by atoms with Crippen LogP contribution in [-0.2, 0) is 0 Å². The van der Waals surface area contributed by atoms with Crippen molar-refractivity contribution in [2.45, 2.75) is 0 Å². The van der Waals surface area contributed by atoms with E-state index < -0.39 is 5.43 Å². The Morgan fingerprint density at radius 2 is 1.88 bits per heavy atom. The molecule has 0 aliphatic heterocycles. The summed E-state index contributed by atoms with van der Waals surface area (Å²) in [5.74, 6) is 0.0559. The van der Waals surface area contributed by atoms with Crippen LogP contribution in [-0.4, -0.2) is 15.4 Å². The van der Waals surface area contributed by atoms with Gasteiger partial charge in [-0.25, -0.2) is 14.8 Å². The molecule has 0 atom stereocenters. The van der Waals surface area contributed by atoms with Crippen molar-refractivity contribution in [3.63, 3.8) is 0 Å². The highest BCUT2D eigenvalue weighted by Crippen LogP contribution is 2.33. The van der Waals surface area contributed by atoms with Gasteiger partial charge in [-0.1, -0.05) is 41.9 Å². The van der Waals surface area contributed by atoms with Gasteiger partial charge in [0.2, 0.25) is 0 Å². The quantitative estimate of drug-likeness (QED) is 0.618. The van der Waals surface area contributed by atoms with Gasteiger partial charge in [0.05, 0.1) is 0 Å². The molecule has 0 bridgehead atoms. The average molecular weight is 269 g/mol. The summed E-state index contributed by atoms with van der Waals surface area (Å²) in [6.45, 7) is 0. The first-order valence-corrected chi connectivity index (χ1v) is 5.37. The van der Waals surface area contributed by atoms with Gasteiger partial charge in [0.25, 0.3) is 0 Å². The lowest BCUT2D eigenvalue weighted by atomic mass is 10.1. The highest BCUT2D eigenvalue weighted by Gasteiger charge is 2.15. The molecule has 1 aromatic carbocycles. The van der Waals surface area contributed by atoms with Crippen LogP contribution in [0.4, 0.5) is 4.79 Å². The largest absolute Gasteiger partial charge is 0.409 e. The Morgan fingerprint density at radius 3 is 2.53 bits per heavy atom. The van der Waals surface area contributed by atoms with E-state index in [0.29, 0.717) is 5.69 Å². The van der Waals surface area contributed by atoms with Crippen LogP contribution in [0.3, 0.4) is 0 Å². The Kier molecular flexibility index (Phi) is 3.56. The lowest BCUT2D eigenvalue weighted by molar-refractivity contribution is 0.225. The normalized spacial score (nSPS) is 10.0. The van der Waals surface area contributed by atoms with E-state index in [2.05, 4.69) is 9.97 Å². The number of aromatic nitrogens is 2. The molecule has 0 radical (unpaired) electrons. The summed E-state index contributed by atoms with van der Waals surface area (Å²) in [7, 11) is 0. The van der Waals surface area contributed by atoms with Gasteiger partial charge in [-0.05, 0) is 0 Å². The smallest absolute Gasteiger partial charge is 0.409 e. The second kappa shape index (κ2) is 5.12. The van der Waals surface area contributed by atoms with Crippen molar-refractivity contribution < 1.29 is 9.53 Å². The minimum atomic E-state index is -0.987. The maximum atomic E-state index is 10.8. The minimum absolute atomic E-state index is 0.0350. The van der Waals surface area contributed by atoms with Crippen LogP contribution >= 0.6 is 23.2 Å². The number of hydrogen-bond acceptors (Lipinski definition) is 4. The Hall–Kier alpha value is -1.65. The molecule has 17 heavy (non-hydrogen) atoms. The summed E-state index contributed by atoms with van der Waals surface area (Å²) >= 11 is 11.0. The zero-order valence-electron chi connectivity index (χ0n) is 8.43. The summed E-state index contributed by atoms with van der Waals surface area (Å²) < 4.78 is 4.80. The van der Waals surface area contributed by atoms with Crippen molar-refractivity contribution in [3.05, 3.63) is 41.8 Å². The van der Waals surface area contributed by atoms with Crippen molar-refractivity contribution in [2.75, 3.05) is 0 Å². The fraction of sp³-hybridized carbons (Fsp3) is 0. The molecule has 0 amide bonds. The zero-order valence-corrected chi connectivity index (χ0v) is 9.94. The molecule has 1 aromatic heterocycles. The van der Waals surface area contributed by atoms with Gasteiger partial charge >= 0.3 is 5.43 Å². The van der Waals surface area contributed by atoms with Crippen LogP contribution < -0.4 is 4.74 Å². The van der Waals surface area contributed by atoms with E-state index >= 15 is 0 Å². The molecule has 0 saturated carbocycles. The first kappa shape index (κ1) is 11.8. The number of carbonyl (C=O) groups excluding carboxylic acids is 1. The molecule has 0 aliphatic rings. The highest BCUT2D eigenvalue weighted by molar-refractivity contribution is 6.61. The highest BCUT2D eigenvalue weighted by atomic mass is 35.5. The Morgan fingerprint density at radius 1 is 1.18 bits per heavy atom. The van der Waals surface area contributed by atoms with Crippen molar-refractivity contribution in [1.29, 1.82) is 0 Å². The van der Waals surface area contributed by atoms with E-state index in [1.807, 2.05) is 30.3 Å². The lowest BCUT2D eigenvalue weighted by Crippen LogP contribution is -2.01. The summed E-state index contributed by atoms with van der Waals surface area (Å²) in [4.78, 5) is 18.5. The van der Waals surface area contributed by atoms with Crippen molar-refractivity contribution in [2.24, 2.45) is 0 Å². The van der Waals surface area contributed by atoms with Gasteiger partial charge in [-0.3, -0.25) is 0 Å². The fourth-order valence-corrected chi connectivity index (χ4v) is 1.57. The Bertz CT molecular complexity index is 546. The molecule has 0 N–H and O–H groups in total. The molecular formula is C11H6Cl2N2O2. The molecule has 1 heterocycles. The molecule has 86 valence electrons. The number of hydrogen-bond donors (Lipinski definition) is 0. The van der Waals surface area contributed by atoms with Gasteiger partial charge < -0.3 is 4.74 Å². The van der Waals surface area contributed by atoms with Crippen molar-refractivity contribution in [1.82, 2.24) is 9.97 Å². The fourth-order valence-electron chi connectivity index (χ4n) is 1.32. The number of benzene rings is 1. The maximum Gasteiger partial charge on any atom is 0.409 e. The third-order valence-electron chi connectivity index (χ3n) is 1.99. The number of carbonyl (C=O) groups is 1. The second-order valence-electron chi connectivity index (χ2n) is 3.05. The molecule has 0 fully saturated rings. The van der Waals surface area contributed by atoms with Gasteiger partial charge in [-0.15, -0.1) is 0 Å². The molecule has 0 saturated heterocycles. The van der Waals surface area contributed by atoms with Gasteiger partial charge in [0.1, 0.15) is 12.0 Å². The van der Waals surface area contributed by atoms with E-state index in [-0.39, 0.29) is 10.9 Å². The van der Waals surface area contributed by atoms with Crippen LogP contribution in [0, 0.1) is 0 Å². The van der Waals surface area contributed by atoms with Crippen LogP contribution in [0.15, 0.2) is 36.7 Å². The van der Waals surface area contributed by atoms with Gasteiger partial charge in [0, 0.05) is 17.2 Å². The first-order valence-electron chi connectivity index (χ1n) is 4.61. The molecule has 4 nitrogen and oxygen atoms in total. The number of ether oxygens (including phenoxy) is 1. The summed E-state index contributed by atoms with van der Waals surface area (Å²) in [5.41, 5.74) is 0.184. The maximum absolute atomic E-state index is 10.8. The summed E-state index contributed by atoms with van der Waals surface area (Å²) in [6, 6.07) is 9.14. The van der Waals surface area contributed by atoms with Crippen LogP contribution in [0.5, 0.6) is 5.75 Å². The van der Waals surface area contributed by atoms with E-state index in [4.69, 9.17) is 27.9 Å². The summed E-state index contributed by atoms with van der Waals surface area (Å²) in [5, 5.41) is 0.0350. The Labute approximate surface area is 107 Å². The van der Waals surface area contributed by atoms with E-state index in [0.717, 1.165) is 5.56 Å². The molecule has 0 spiro atoms. The van der Waals surface area contributed by atoms with Gasteiger partial charge in [-0.2, -0.15) is 0 Å². The molecule has 0 unspecified atom stereocenters. The van der Waals surface area contributed by atoms with E-state index in [1.165, 1.54) is 6.33 Å². The SMILES string of the molecule is O=C(Cl)Oc1c(Cl)ncnc1-c1ccccc1. The van der Waals surface area contributed by atoms with E-state index in [9.17, 15) is 4.79 Å². The topological polar surface area (TPSA) is 52.1 Å². The zero-order chi connectivity index (χ0) is 12.3. The third kappa shape index (κ3) is 2.72. The predicted octanol–water partition coefficient (Wildman–Crippen LogP) is 3.53. The number of halogens is 2. The van der Waals surface area contributed by atoms with Gasteiger partial charge in [0.15, 0.2) is 10.9 Å². The van der Waals surface area contributed by atoms with Crippen LogP contribution in [0.2, 0.25) is 5.15 Å². The Balaban J connectivity index is 2.54. The van der Waals surface area contributed by atoms with Crippen LogP contribution in [0.25, 0.3) is 11.3 Å².